The van der Waals surface area contributed by atoms with Crippen LogP contribution < -0.4 is 37.3 Å². The average Bonchev–Trinajstić information content (AvgIpc) is 3.31. The summed E-state index contributed by atoms with van der Waals surface area (Å²) in [5, 5.41) is 27.5. The molecule has 10 rings (SSSR count). The molecule has 0 amide bonds. The molecule has 6 heterocycles. The van der Waals surface area contributed by atoms with Crippen molar-refractivity contribution in [1.29, 1.82) is 0 Å². The molecule has 2 saturated heterocycles. The van der Waals surface area contributed by atoms with Gasteiger partial charge in [-0.2, -0.15) is 10.2 Å². The van der Waals surface area contributed by atoms with Gasteiger partial charge in [0.2, 0.25) is 0 Å². The van der Waals surface area contributed by atoms with E-state index in [4.69, 9.17) is 15.0 Å². The maximum atomic E-state index is 13.2. The minimum atomic E-state index is -0.378. The molecule has 2 fully saturated rings. The van der Waals surface area contributed by atoms with Gasteiger partial charge in [-0.25, -0.2) is 30.1 Å². The van der Waals surface area contributed by atoms with Crippen LogP contribution in [0.4, 0.5) is 28.7 Å². The van der Waals surface area contributed by atoms with Crippen LogP contribution in [0.25, 0.3) is 44.6 Å². The molecule has 0 saturated carbocycles. The predicted octanol–water partition coefficient (Wildman–Crippen LogP) is 4.97. The van der Waals surface area contributed by atoms with Crippen molar-refractivity contribution in [3.63, 3.8) is 0 Å². The fourth-order valence-electron chi connectivity index (χ4n) is 8.14. The first-order chi connectivity index (χ1) is 30.0. The minimum absolute atomic E-state index is 0.0913. The van der Waals surface area contributed by atoms with Crippen LogP contribution in [0.2, 0.25) is 0 Å². The number of nitrogens with one attached hydrogen (secondary N) is 6. The Morgan fingerprint density at radius 2 is 1.08 bits per heavy atom. The molecule has 2 aliphatic rings. The van der Waals surface area contributed by atoms with Gasteiger partial charge in [0.15, 0.2) is 11.6 Å². The number of hydrogen-bond acceptors (Lipinski definition) is 14. The zero-order valence-corrected chi connectivity index (χ0v) is 33.1. The molecule has 6 N–H and O–H groups in total. The number of hydrogen-bond donors (Lipinski definition) is 6. The van der Waals surface area contributed by atoms with E-state index in [1.54, 1.807) is 6.20 Å². The fraction of sp³-hybridized carbons (Fsp3) is 0.200. The third-order valence-electron chi connectivity index (χ3n) is 11.1. The monoisotopic (exact) mass is 810 g/mol. The van der Waals surface area contributed by atoms with Crippen molar-refractivity contribution in [3.8, 4) is 22.8 Å². The van der Waals surface area contributed by atoms with Crippen molar-refractivity contribution in [2.75, 3.05) is 67.9 Å². The molecule has 0 bridgehead atoms. The summed E-state index contributed by atoms with van der Waals surface area (Å²) in [6.45, 7) is 7.24. The normalized spacial score (nSPS) is 15.2. The highest BCUT2D eigenvalue weighted by atomic mass is 16.1. The highest BCUT2D eigenvalue weighted by molar-refractivity contribution is 5.92. The summed E-state index contributed by atoms with van der Waals surface area (Å²) in [5.74, 6) is 1.74. The van der Waals surface area contributed by atoms with Crippen LogP contribution in [0.3, 0.4) is 0 Å². The molecular weight excluding hydrogens is 769 g/mol. The Hall–Kier alpha value is -7.40. The molecular formula is C45H42N14O2. The Morgan fingerprint density at radius 3 is 1.69 bits per heavy atom. The van der Waals surface area contributed by atoms with E-state index in [2.05, 4.69) is 92.8 Å². The predicted molar refractivity (Wildman–Crippen MR) is 238 cm³/mol. The number of aromatic nitrogens is 8. The number of rotatable bonds is 10. The Bertz CT molecular complexity index is 2950. The van der Waals surface area contributed by atoms with Crippen molar-refractivity contribution in [3.05, 3.63) is 147 Å². The molecule has 4 aromatic carbocycles. The van der Waals surface area contributed by atoms with Gasteiger partial charge in [-0.05, 0) is 53.6 Å². The van der Waals surface area contributed by atoms with Gasteiger partial charge in [-0.3, -0.25) is 14.5 Å². The minimum Gasteiger partial charge on any atom is -0.369 e. The molecule has 2 aliphatic heterocycles. The first-order valence-electron chi connectivity index (χ1n) is 20.4. The summed E-state index contributed by atoms with van der Waals surface area (Å²) in [7, 11) is 0. The second-order valence-corrected chi connectivity index (χ2v) is 15.0. The first-order valence-corrected chi connectivity index (χ1v) is 20.4. The zero-order chi connectivity index (χ0) is 41.1. The topological polar surface area (TPSA) is 198 Å². The summed E-state index contributed by atoms with van der Waals surface area (Å²) < 4.78 is 0. The lowest BCUT2D eigenvalue weighted by Gasteiger charge is -2.35. The van der Waals surface area contributed by atoms with E-state index in [-0.39, 0.29) is 17.2 Å². The van der Waals surface area contributed by atoms with Crippen LogP contribution in [0.5, 0.6) is 0 Å². The van der Waals surface area contributed by atoms with Gasteiger partial charge in [-0.1, -0.05) is 60.7 Å². The maximum Gasteiger partial charge on any atom is 0.277 e. The van der Waals surface area contributed by atoms with E-state index in [0.29, 0.717) is 45.1 Å². The van der Waals surface area contributed by atoms with Gasteiger partial charge in [-0.15, -0.1) is 0 Å². The smallest absolute Gasteiger partial charge is 0.277 e. The fourth-order valence-corrected chi connectivity index (χ4v) is 8.14. The molecule has 1 atom stereocenters. The maximum absolute atomic E-state index is 13.2. The number of benzene rings is 4. The second kappa shape index (κ2) is 16.7. The van der Waals surface area contributed by atoms with Crippen LogP contribution in [0, 0.1) is 0 Å². The van der Waals surface area contributed by atoms with Crippen LogP contribution in [-0.4, -0.2) is 97.6 Å². The first kappa shape index (κ1) is 37.8. The highest BCUT2D eigenvalue weighted by Gasteiger charge is 2.25. The Balaban J connectivity index is 0.976. The largest absolute Gasteiger partial charge is 0.369 e. The van der Waals surface area contributed by atoms with Crippen LogP contribution >= 0.6 is 0 Å². The van der Waals surface area contributed by atoms with Crippen LogP contribution in [-0.2, 0) is 0 Å². The quantitative estimate of drug-likeness (QED) is 0.108. The summed E-state index contributed by atoms with van der Waals surface area (Å²) in [6.07, 6.45) is 3.10. The lowest BCUT2D eigenvalue weighted by Crippen LogP contribution is -2.45. The standard InChI is InChI=1S/C45H42N14O2/c60-44-37-35(26-48-56-44)52-40(29-5-2-1-3-6-29)54-42(37)50-32-11-9-28(10-12-32)39(59-23-19-47-20-24-59)30-7-4-8-31(25-30)41-53-36-27-49-57-45(61)38(36)43(55-41)51-33-13-15-34(16-14-33)58-21-17-46-18-22-58/h1-16,25-27,39,46-47H,17-24H2,(H,56,60)(H,57,61)(H,50,52,54)(H,51,53,55). The van der Waals surface area contributed by atoms with E-state index in [1.807, 2.05) is 66.7 Å². The van der Waals surface area contributed by atoms with Crippen molar-refractivity contribution in [2.24, 2.45) is 0 Å². The number of fused-ring (bicyclic) bond motifs is 2. The van der Waals surface area contributed by atoms with Gasteiger partial charge < -0.3 is 26.2 Å². The van der Waals surface area contributed by atoms with E-state index in [0.717, 1.165) is 91.7 Å². The summed E-state index contributed by atoms with van der Waals surface area (Å²) in [6, 6.07) is 34.2. The van der Waals surface area contributed by atoms with Gasteiger partial charge in [0.1, 0.15) is 33.4 Å². The lowest BCUT2D eigenvalue weighted by molar-refractivity contribution is 0.198. The molecule has 0 radical (unpaired) electrons. The van der Waals surface area contributed by atoms with Gasteiger partial charge in [0.25, 0.3) is 11.1 Å². The van der Waals surface area contributed by atoms with E-state index in [9.17, 15) is 9.59 Å². The molecule has 61 heavy (non-hydrogen) atoms. The Morgan fingerprint density at radius 1 is 0.541 bits per heavy atom. The van der Waals surface area contributed by atoms with Crippen LogP contribution in [0.15, 0.2) is 125 Å². The summed E-state index contributed by atoms with van der Waals surface area (Å²) in [4.78, 5) is 50.2. The Labute approximate surface area is 349 Å². The molecule has 16 nitrogen and oxygen atoms in total. The van der Waals surface area contributed by atoms with Crippen molar-refractivity contribution in [1.82, 2.24) is 55.9 Å². The molecule has 4 aromatic heterocycles. The number of nitrogens with zero attached hydrogens (tertiary/aromatic N) is 8. The van der Waals surface area contributed by atoms with Crippen molar-refractivity contribution >= 4 is 50.5 Å². The summed E-state index contributed by atoms with van der Waals surface area (Å²) in [5.41, 5.74) is 6.63. The molecule has 16 heteroatoms. The van der Waals surface area contributed by atoms with Gasteiger partial charge in [0, 0.05) is 80.5 Å². The third-order valence-corrected chi connectivity index (χ3v) is 11.1. The lowest BCUT2D eigenvalue weighted by atomic mass is 9.94. The van der Waals surface area contributed by atoms with Gasteiger partial charge in [0.05, 0.1) is 18.4 Å². The third kappa shape index (κ3) is 7.90. The number of H-pyrrole nitrogens is 2. The van der Waals surface area contributed by atoms with E-state index in [1.165, 1.54) is 6.20 Å². The van der Waals surface area contributed by atoms with Crippen molar-refractivity contribution < 1.29 is 0 Å². The second-order valence-electron chi connectivity index (χ2n) is 15.0. The zero-order valence-electron chi connectivity index (χ0n) is 33.1. The molecule has 1 unspecified atom stereocenters. The number of anilines is 5. The summed E-state index contributed by atoms with van der Waals surface area (Å²) >= 11 is 0. The molecule has 8 aromatic rings. The van der Waals surface area contributed by atoms with E-state index < -0.39 is 0 Å². The average molecular weight is 811 g/mol. The molecule has 304 valence electrons. The van der Waals surface area contributed by atoms with Crippen LogP contribution in [0.1, 0.15) is 17.2 Å². The van der Waals surface area contributed by atoms with Gasteiger partial charge >= 0.3 is 0 Å². The number of aromatic amines is 2. The highest BCUT2D eigenvalue weighted by Crippen LogP contribution is 2.34. The van der Waals surface area contributed by atoms with E-state index >= 15 is 0 Å². The molecule has 0 aliphatic carbocycles. The number of piperazine rings is 2. The van der Waals surface area contributed by atoms with Crippen molar-refractivity contribution in [2.45, 2.75) is 6.04 Å². The SMILES string of the molecule is O=c1[nH]ncc2nc(-c3ccccc3)nc(Nc3ccc(C(c4cccc(-c5nc(Nc6ccc(N7CCNCC7)cc6)c6c(=O)[nH]ncc6n5)c4)N4CCNCC4)cc3)c12. The Kier molecular flexibility index (Phi) is 10.4. The molecule has 0 spiro atoms.